The van der Waals surface area contributed by atoms with Crippen molar-refractivity contribution in [3.05, 3.63) is 11.1 Å². The Labute approximate surface area is 197 Å². The Hall–Kier alpha value is -0.610. The van der Waals surface area contributed by atoms with Crippen molar-refractivity contribution in [1.82, 2.24) is 15.6 Å². The van der Waals surface area contributed by atoms with E-state index in [4.69, 9.17) is 9.72 Å². The summed E-state index contributed by atoms with van der Waals surface area (Å²) in [6, 6.07) is 0. The van der Waals surface area contributed by atoms with E-state index in [1.807, 2.05) is 7.05 Å². The van der Waals surface area contributed by atoms with Crippen molar-refractivity contribution in [2.75, 3.05) is 44.7 Å². The predicted octanol–water partition coefficient (Wildman–Crippen LogP) is 3.91. The fourth-order valence-electron chi connectivity index (χ4n) is 4.23. The van der Waals surface area contributed by atoms with Crippen molar-refractivity contribution >= 4 is 46.4 Å². The first-order chi connectivity index (χ1) is 13.5. The van der Waals surface area contributed by atoms with E-state index in [1.165, 1.54) is 30.1 Å². The van der Waals surface area contributed by atoms with E-state index in [0.29, 0.717) is 12.0 Å². The minimum atomic E-state index is 0. The molecule has 3 rings (SSSR count). The summed E-state index contributed by atoms with van der Waals surface area (Å²) in [5.74, 6) is 1.39. The van der Waals surface area contributed by atoms with E-state index in [0.717, 1.165) is 51.6 Å². The molecule has 1 aromatic rings. The van der Waals surface area contributed by atoms with Gasteiger partial charge in [-0.15, -0.1) is 35.3 Å². The van der Waals surface area contributed by atoms with E-state index < -0.39 is 0 Å². The van der Waals surface area contributed by atoms with E-state index >= 15 is 0 Å². The first-order valence-electron chi connectivity index (χ1n) is 10.7. The smallest absolute Gasteiger partial charge is 0.191 e. The third kappa shape index (κ3) is 7.24. The molecule has 29 heavy (non-hydrogen) atoms. The van der Waals surface area contributed by atoms with Gasteiger partial charge in [0, 0.05) is 57.6 Å². The lowest BCUT2D eigenvalue weighted by atomic mass is 9.78. The summed E-state index contributed by atoms with van der Waals surface area (Å²) in [5.41, 5.74) is 1.34. The maximum atomic E-state index is 6.09. The Morgan fingerprint density at radius 2 is 2.03 bits per heavy atom. The summed E-state index contributed by atoms with van der Waals surface area (Å²) in [6.07, 6.45) is 6.16. The number of anilines is 1. The normalized spacial score (nSPS) is 23.0. The van der Waals surface area contributed by atoms with E-state index in [9.17, 15) is 0 Å². The molecule has 0 saturated carbocycles. The predicted molar refractivity (Wildman–Crippen MR) is 134 cm³/mol. The summed E-state index contributed by atoms with van der Waals surface area (Å²) in [6.45, 7) is 11.8. The van der Waals surface area contributed by atoms with Crippen LogP contribution in [0.4, 0.5) is 5.13 Å². The van der Waals surface area contributed by atoms with Crippen LogP contribution in [-0.4, -0.2) is 56.9 Å². The largest absolute Gasteiger partial charge is 0.377 e. The van der Waals surface area contributed by atoms with Gasteiger partial charge in [-0.25, -0.2) is 4.98 Å². The highest BCUT2D eigenvalue weighted by Gasteiger charge is 2.35. The van der Waals surface area contributed by atoms with Crippen LogP contribution in [0.25, 0.3) is 0 Å². The molecule has 0 bridgehead atoms. The highest BCUT2D eigenvalue weighted by atomic mass is 127. The molecule has 2 N–H and O–H groups in total. The molecule has 8 heteroatoms. The van der Waals surface area contributed by atoms with E-state index in [2.05, 4.69) is 46.7 Å². The average Bonchev–Trinajstić information content (AvgIpc) is 3.35. The van der Waals surface area contributed by atoms with Crippen LogP contribution in [0.3, 0.4) is 0 Å². The van der Waals surface area contributed by atoms with Crippen LogP contribution in [0.15, 0.2) is 10.4 Å². The van der Waals surface area contributed by atoms with Crippen LogP contribution in [0, 0.1) is 11.3 Å². The molecule has 166 valence electrons. The molecule has 2 aliphatic heterocycles. The fourth-order valence-corrected chi connectivity index (χ4v) is 5.15. The molecule has 0 spiro atoms. The number of aromatic nitrogens is 1. The third-order valence-electron chi connectivity index (χ3n) is 5.64. The van der Waals surface area contributed by atoms with Gasteiger partial charge in [-0.05, 0) is 31.1 Å². The first kappa shape index (κ1) is 24.7. The number of guanidine groups is 1. The van der Waals surface area contributed by atoms with E-state index in [1.54, 1.807) is 11.3 Å². The summed E-state index contributed by atoms with van der Waals surface area (Å²) in [5, 5.41) is 10.3. The van der Waals surface area contributed by atoms with Gasteiger partial charge < -0.3 is 20.3 Å². The molecule has 3 heterocycles. The topological polar surface area (TPSA) is 61.8 Å². The Kier molecular flexibility index (Phi) is 9.94. The molecule has 2 atom stereocenters. The van der Waals surface area contributed by atoms with Crippen LogP contribution in [0.5, 0.6) is 0 Å². The zero-order valence-corrected chi connectivity index (χ0v) is 21.5. The molecule has 2 unspecified atom stereocenters. The van der Waals surface area contributed by atoms with Crippen LogP contribution in [0.1, 0.15) is 52.1 Å². The molecule has 1 aromatic heterocycles. The zero-order chi connectivity index (χ0) is 20.0. The van der Waals surface area contributed by atoms with Gasteiger partial charge in [0.15, 0.2) is 11.1 Å². The second kappa shape index (κ2) is 11.7. The fraction of sp³-hybridized carbons (Fsp3) is 0.810. The number of rotatable bonds is 6. The number of halogens is 1. The maximum Gasteiger partial charge on any atom is 0.191 e. The van der Waals surface area contributed by atoms with Crippen molar-refractivity contribution in [3.8, 4) is 0 Å². The Balaban J connectivity index is 0.00000300. The number of hydrogen-bond donors (Lipinski definition) is 2. The van der Waals surface area contributed by atoms with Gasteiger partial charge in [-0.1, -0.05) is 20.8 Å². The molecule has 0 radical (unpaired) electrons. The lowest BCUT2D eigenvalue weighted by Gasteiger charge is -2.40. The monoisotopic (exact) mass is 535 g/mol. The highest BCUT2D eigenvalue weighted by molar-refractivity contribution is 14.0. The molecule has 6 nitrogen and oxygen atoms in total. The second-order valence-corrected chi connectivity index (χ2v) is 9.84. The molecule has 2 fully saturated rings. The number of ether oxygens (including phenoxy) is 1. The molecule has 0 aromatic carbocycles. The number of aliphatic imine (C=N–C) groups is 1. The van der Waals surface area contributed by atoms with E-state index in [-0.39, 0.29) is 29.4 Å². The lowest BCUT2D eigenvalue weighted by Crippen LogP contribution is -2.47. The minimum absolute atomic E-state index is 0. The Morgan fingerprint density at radius 3 is 2.72 bits per heavy atom. The van der Waals surface area contributed by atoms with Crippen LogP contribution < -0.4 is 15.5 Å². The standard InChI is InChI=1S/C21H37N5OS.HI/c1-21(2,3)18-16(8-7-13-27-18)14-24-19(22-4)23-10-9-17-15-28-20(25-17)26-11-5-6-12-26;/h15-16,18H,5-14H2,1-4H3,(H2,22,23,24);1H. The molecular weight excluding hydrogens is 497 g/mol. The Bertz CT molecular complexity index is 639. The number of thiazole rings is 1. The summed E-state index contributed by atoms with van der Waals surface area (Å²) in [4.78, 5) is 11.6. The number of nitrogens with zero attached hydrogens (tertiary/aromatic N) is 3. The van der Waals surface area contributed by atoms with Gasteiger partial charge in [0.1, 0.15) is 0 Å². The SMILES string of the molecule is CN=C(NCCc1csc(N2CCCC2)n1)NCC1CCCOC1C(C)(C)C.I. The van der Waals surface area contributed by atoms with Crippen LogP contribution >= 0.6 is 35.3 Å². The molecule has 2 aliphatic rings. The molecule has 0 aliphatic carbocycles. The Morgan fingerprint density at radius 1 is 1.28 bits per heavy atom. The first-order valence-corrected chi connectivity index (χ1v) is 11.6. The van der Waals surface area contributed by atoms with Crippen LogP contribution in [0.2, 0.25) is 0 Å². The van der Waals surface area contributed by atoms with Crippen molar-refractivity contribution in [3.63, 3.8) is 0 Å². The number of hydrogen-bond acceptors (Lipinski definition) is 5. The highest BCUT2D eigenvalue weighted by Crippen LogP contribution is 2.33. The zero-order valence-electron chi connectivity index (χ0n) is 18.4. The van der Waals surface area contributed by atoms with Gasteiger partial charge in [0.25, 0.3) is 0 Å². The van der Waals surface area contributed by atoms with Crippen molar-refractivity contribution < 1.29 is 4.74 Å². The quantitative estimate of drug-likeness (QED) is 0.329. The lowest BCUT2D eigenvalue weighted by molar-refractivity contribution is -0.0835. The third-order valence-corrected chi connectivity index (χ3v) is 6.59. The van der Waals surface area contributed by atoms with Crippen molar-refractivity contribution in [2.45, 2.75) is 59.0 Å². The van der Waals surface area contributed by atoms with Gasteiger partial charge in [-0.3, -0.25) is 4.99 Å². The van der Waals surface area contributed by atoms with Crippen molar-refractivity contribution in [1.29, 1.82) is 0 Å². The average molecular weight is 536 g/mol. The van der Waals surface area contributed by atoms with Gasteiger partial charge in [-0.2, -0.15) is 0 Å². The van der Waals surface area contributed by atoms with Crippen molar-refractivity contribution in [2.24, 2.45) is 16.3 Å². The maximum absolute atomic E-state index is 6.09. The second-order valence-electron chi connectivity index (χ2n) is 9.01. The van der Waals surface area contributed by atoms with Gasteiger partial charge in [0.2, 0.25) is 0 Å². The van der Waals surface area contributed by atoms with Crippen LogP contribution in [-0.2, 0) is 11.2 Å². The summed E-state index contributed by atoms with van der Waals surface area (Å²) >= 11 is 1.77. The molecular formula is C21H38IN5OS. The molecule has 2 saturated heterocycles. The minimum Gasteiger partial charge on any atom is -0.377 e. The summed E-state index contributed by atoms with van der Waals surface area (Å²) in [7, 11) is 1.84. The summed E-state index contributed by atoms with van der Waals surface area (Å²) < 4.78 is 6.09. The number of nitrogens with one attached hydrogen (secondary N) is 2. The molecule has 0 amide bonds. The van der Waals surface area contributed by atoms with Gasteiger partial charge in [0.05, 0.1) is 11.8 Å². The van der Waals surface area contributed by atoms with Gasteiger partial charge >= 0.3 is 0 Å².